The molecular formula is C20H28ClN3O2. The van der Waals surface area contributed by atoms with E-state index < -0.39 is 0 Å². The lowest BCUT2D eigenvalue weighted by Crippen LogP contribution is -2.48. The average Bonchev–Trinajstić information content (AvgIpc) is 3.06. The quantitative estimate of drug-likeness (QED) is 0.758. The number of rotatable bonds is 3. The zero-order valence-corrected chi connectivity index (χ0v) is 16.1. The van der Waals surface area contributed by atoms with E-state index in [1.807, 2.05) is 12.1 Å². The van der Waals surface area contributed by atoms with Crippen molar-refractivity contribution in [3.63, 3.8) is 0 Å². The first-order valence-corrected chi connectivity index (χ1v) is 9.53. The predicted molar refractivity (Wildman–Crippen MR) is 104 cm³/mol. The molecule has 1 aliphatic carbocycles. The Hall–Kier alpha value is -1.59. The molecule has 3 atom stereocenters. The summed E-state index contributed by atoms with van der Waals surface area (Å²) in [5.74, 6) is 0.769. The Balaban J connectivity index is 0.00000196. The van der Waals surface area contributed by atoms with Gasteiger partial charge in [-0.25, -0.2) is 0 Å². The zero-order valence-electron chi connectivity index (χ0n) is 15.3. The molecule has 2 aliphatic heterocycles. The van der Waals surface area contributed by atoms with E-state index in [1.54, 1.807) is 0 Å². The van der Waals surface area contributed by atoms with Crippen LogP contribution in [0, 0.1) is 11.3 Å². The summed E-state index contributed by atoms with van der Waals surface area (Å²) in [7, 11) is 0. The van der Waals surface area contributed by atoms with Crippen LogP contribution in [-0.2, 0) is 16.0 Å². The van der Waals surface area contributed by atoms with Crippen molar-refractivity contribution >= 4 is 29.9 Å². The van der Waals surface area contributed by atoms with Gasteiger partial charge >= 0.3 is 0 Å². The minimum Gasteiger partial charge on any atom is -0.349 e. The minimum absolute atomic E-state index is 0. The van der Waals surface area contributed by atoms with Gasteiger partial charge < -0.3 is 16.0 Å². The molecule has 0 spiro atoms. The molecule has 3 N–H and O–H groups in total. The highest BCUT2D eigenvalue weighted by Crippen LogP contribution is 2.44. The summed E-state index contributed by atoms with van der Waals surface area (Å²) in [4.78, 5) is 24.6. The Bertz CT molecular complexity index is 708. The normalized spacial score (nSPS) is 28.2. The predicted octanol–water partition coefficient (Wildman–Crippen LogP) is 2.95. The number of nitrogens with one attached hydrogen (secondary N) is 3. The molecule has 3 aliphatic rings. The third kappa shape index (κ3) is 3.35. The van der Waals surface area contributed by atoms with Gasteiger partial charge in [-0.3, -0.25) is 9.59 Å². The molecule has 1 aromatic rings. The van der Waals surface area contributed by atoms with Gasteiger partial charge in [0.05, 0.1) is 11.5 Å². The van der Waals surface area contributed by atoms with Gasteiger partial charge in [0.2, 0.25) is 11.8 Å². The van der Waals surface area contributed by atoms with Gasteiger partial charge in [-0.15, -0.1) is 12.4 Å². The molecule has 0 aromatic heterocycles. The number of fused-ring (bicyclic) bond motifs is 2. The van der Waals surface area contributed by atoms with Crippen molar-refractivity contribution in [3.05, 3.63) is 29.3 Å². The Morgan fingerprint density at radius 3 is 3.00 bits per heavy atom. The number of hydrogen-bond acceptors (Lipinski definition) is 3. The molecule has 1 saturated heterocycles. The Labute approximate surface area is 161 Å². The lowest BCUT2D eigenvalue weighted by molar-refractivity contribution is -0.134. The van der Waals surface area contributed by atoms with Gasteiger partial charge in [0, 0.05) is 18.7 Å². The second kappa shape index (κ2) is 7.57. The Kier molecular flexibility index (Phi) is 5.58. The van der Waals surface area contributed by atoms with Crippen LogP contribution in [0.15, 0.2) is 18.2 Å². The van der Waals surface area contributed by atoms with Crippen molar-refractivity contribution in [2.45, 2.75) is 51.5 Å². The monoisotopic (exact) mass is 377 g/mol. The number of halogens is 1. The van der Waals surface area contributed by atoms with Crippen LogP contribution in [0.2, 0.25) is 0 Å². The molecule has 0 bridgehead atoms. The number of benzene rings is 1. The summed E-state index contributed by atoms with van der Waals surface area (Å²) < 4.78 is 0. The smallest absolute Gasteiger partial charge is 0.228 e. The summed E-state index contributed by atoms with van der Waals surface area (Å²) in [6.07, 6.45) is 5.86. The maximum absolute atomic E-state index is 13.1. The van der Waals surface area contributed by atoms with E-state index in [0.717, 1.165) is 55.6 Å². The Morgan fingerprint density at radius 2 is 2.15 bits per heavy atom. The molecule has 1 aromatic carbocycles. The molecule has 4 rings (SSSR count). The number of hydrogen-bond donors (Lipinski definition) is 3. The highest BCUT2D eigenvalue weighted by atomic mass is 35.5. The largest absolute Gasteiger partial charge is 0.349 e. The van der Waals surface area contributed by atoms with Crippen molar-refractivity contribution in [3.8, 4) is 0 Å². The van der Waals surface area contributed by atoms with Crippen molar-refractivity contribution in [2.75, 3.05) is 18.4 Å². The van der Waals surface area contributed by atoms with Gasteiger partial charge in [-0.1, -0.05) is 25.0 Å². The number of amides is 2. The Morgan fingerprint density at radius 1 is 1.31 bits per heavy atom. The molecule has 2 heterocycles. The molecule has 2 amide bonds. The fourth-order valence-corrected chi connectivity index (χ4v) is 4.79. The second-order valence-corrected chi connectivity index (χ2v) is 7.89. The third-order valence-corrected chi connectivity index (χ3v) is 6.36. The first kappa shape index (κ1) is 19.2. The highest BCUT2D eigenvalue weighted by molar-refractivity contribution is 5.94. The van der Waals surface area contributed by atoms with E-state index in [0.29, 0.717) is 12.3 Å². The van der Waals surface area contributed by atoms with Crippen LogP contribution in [0.4, 0.5) is 5.69 Å². The van der Waals surface area contributed by atoms with E-state index in [2.05, 4.69) is 28.9 Å². The van der Waals surface area contributed by atoms with Crippen LogP contribution in [0.5, 0.6) is 0 Å². The van der Waals surface area contributed by atoms with E-state index in [4.69, 9.17) is 0 Å². The summed E-state index contributed by atoms with van der Waals surface area (Å²) in [5, 5.41) is 9.63. The average molecular weight is 378 g/mol. The molecule has 142 valence electrons. The number of anilines is 1. The number of carbonyl (C=O) groups is 2. The lowest BCUT2D eigenvalue weighted by atomic mass is 9.67. The van der Waals surface area contributed by atoms with Gasteiger partial charge in [0.15, 0.2) is 0 Å². The zero-order chi connectivity index (χ0) is 17.4. The van der Waals surface area contributed by atoms with Gasteiger partial charge in [-0.2, -0.15) is 0 Å². The second-order valence-electron chi connectivity index (χ2n) is 7.89. The summed E-state index contributed by atoms with van der Waals surface area (Å²) >= 11 is 0. The standard InChI is InChI=1S/C20H27N3O2.ClH/c1-13(14-5-7-17-15(10-14)6-8-18(24)23-17)22-19(25)20-9-3-2-4-16(20)11-21-12-20;/h5,7,10,13,16,21H,2-4,6,8-9,11-12H2,1H3,(H,22,25)(H,23,24);1H/t13?,16-,20+;/m0./s1. The molecule has 1 unspecified atom stereocenters. The third-order valence-electron chi connectivity index (χ3n) is 6.36. The van der Waals surface area contributed by atoms with Crippen LogP contribution >= 0.6 is 12.4 Å². The van der Waals surface area contributed by atoms with Crippen molar-refractivity contribution in [2.24, 2.45) is 11.3 Å². The summed E-state index contributed by atoms with van der Waals surface area (Å²) in [6, 6.07) is 6.08. The maximum Gasteiger partial charge on any atom is 0.228 e. The minimum atomic E-state index is -0.214. The molecular weight excluding hydrogens is 350 g/mol. The highest BCUT2D eigenvalue weighted by Gasteiger charge is 2.50. The SMILES string of the molecule is CC(NC(=O)[C@@]12CCCC[C@H]1CNC2)c1ccc2c(c1)CCC(=O)N2.Cl. The van der Waals surface area contributed by atoms with Crippen LogP contribution in [0.1, 0.15) is 56.2 Å². The van der Waals surface area contributed by atoms with Gasteiger partial charge in [-0.05, 0) is 55.8 Å². The molecule has 5 nitrogen and oxygen atoms in total. The number of aryl methyl sites for hydroxylation is 1. The van der Waals surface area contributed by atoms with Crippen LogP contribution < -0.4 is 16.0 Å². The number of carbonyl (C=O) groups excluding carboxylic acids is 2. The molecule has 26 heavy (non-hydrogen) atoms. The van der Waals surface area contributed by atoms with Gasteiger partial charge in [0.1, 0.15) is 0 Å². The lowest BCUT2D eigenvalue weighted by Gasteiger charge is -2.38. The van der Waals surface area contributed by atoms with Gasteiger partial charge in [0.25, 0.3) is 0 Å². The maximum atomic E-state index is 13.1. The molecule has 1 saturated carbocycles. The molecule has 0 radical (unpaired) electrons. The van der Waals surface area contributed by atoms with Crippen LogP contribution in [0.25, 0.3) is 0 Å². The summed E-state index contributed by atoms with van der Waals surface area (Å²) in [6.45, 7) is 3.84. The van der Waals surface area contributed by atoms with E-state index >= 15 is 0 Å². The fraction of sp³-hybridized carbons (Fsp3) is 0.600. The van der Waals surface area contributed by atoms with Crippen molar-refractivity contribution in [1.29, 1.82) is 0 Å². The molecule has 6 heteroatoms. The van der Waals surface area contributed by atoms with E-state index in [9.17, 15) is 9.59 Å². The van der Waals surface area contributed by atoms with Crippen LogP contribution in [0.3, 0.4) is 0 Å². The fourth-order valence-electron chi connectivity index (χ4n) is 4.79. The molecule has 2 fully saturated rings. The van der Waals surface area contributed by atoms with Crippen molar-refractivity contribution in [1.82, 2.24) is 10.6 Å². The first-order chi connectivity index (χ1) is 12.1. The van der Waals surface area contributed by atoms with Crippen LogP contribution in [-0.4, -0.2) is 24.9 Å². The topological polar surface area (TPSA) is 70.2 Å². The van der Waals surface area contributed by atoms with E-state index in [-0.39, 0.29) is 35.7 Å². The summed E-state index contributed by atoms with van der Waals surface area (Å²) in [5.41, 5.74) is 2.96. The van der Waals surface area contributed by atoms with E-state index in [1.165, 1.54) is 6.42 Å². The van der Waals surface area contributed by atoms with Crippen molar-refractivity contribution < 1.29 is 9.59 Å². The first-order valence-electron chi connectivity index (χ1n) is 9.53.